The molecule has 1 aromatic rings. The van der Waals surface area contributed by atoms with Crippen molar-refractivity contribution < 1.29 is 23.2 Å². The summed E-state index contributed by atoms with van der Waals surface area (Å²) in [6.07, 6.45) is 4.26. The van der Waals surface area contributed by atoms with Crippen LogP contribution in [0.15, 0.2) is 11.3 Å². The highest BCUT2D eigenvalue weighted by Gasteiger charge is 2.56. The van der Waals surface area contributed by atoms with E-state index < -0.39 is 13.3 Å². The fourth-order valence-corrected chi connectivity index (χ4v) is 5.00. The monoisotopic (exact) mass is 428 g/mol. The molecule has 154 valence electrons. The lowest BCUT2D eigenvalue weighted by molar-refractivity contribution is -0.109. The minimum Gasteiger partial charge on any atom is -0.306 e. The maximum Gasteiger partial charge on any atom is 0.407 e. The van der Waals surface area contributed by atoms with Crippen LogP contribution in [0.1, 0.15) is 37.2 Å². The Morgan fingerprint density at radius 2 is 2.18 bits per heavy atom. The molecule has 1 fully saturated rings. The molecule has 0 bridgehead atoms. The highest BCUT2D eigenvalue weighted by atomic mass is 32.2. The lowest BCUT2D eigenvalue weighted by atomic mass is 10.1. The van der Waals surface area contributed by atoms with E-state index >= 15 is 0 Å². The first kappa shape index (κ1) is 21.4. The number of carbonyl (C=O) groups excluding carboxylic acids is 2. The average Bonchev–Trinajstić information content (AvgIpc) is 3.08. The molecule has 3 unspecified atom stereocenters. The summed E-state index contributed by atoms with van der Waals surface area (Å²) in [5.41, 5.74) is -0.0899. The topological polar surface area (TPSA) is 103 Å². The van der Waals surface area contributed by atoms with E-state index in [0.717, 1.165) is 18.2 Å². The first-order chi connectivity index (χ1) is 13.2. The lowest BCUT2D eigenvalue weighted by Crippen LogP contribution is -2.27. The van der Waals surface area contributed by atoms with E-state index in [1.165, 1.54) is 11.6 Å². The van der Waals surface area contributed by atoms with Gasteiger partial charge in [0, 0.05) is 25.3 Å². The molecule has 3 atom stereocenters. The first-order valence-corrected chi connectivity index (χ1v) is 11.5. The van der Waals surface area contributed by atoms with Crippen LogP contribution in [0.3, 0.4) is 0 Å². The van der Waals surface area contributed by atoms with Crippen LogP contribution < -0.4 is 0 Å². The normalized spacial score (nSPS) is 25.6. The van der Waals surface area contributed by atoms with Gasteiger partial charge in [-0.15, -0.1) is 0 Å². The lowest BCUT2D eigenvalue weighted by Gasteiger charge is -2.27. The van der Waals surface area contributed by atoms with Gasteiger partial charge < -0.3 is 4.57 Å². The largest absolute Gasteiger partial charge is 0.407 e. The number of thioether (sulfide) groups is 1. The summed E-state index contributed by atoms with van der Waals surface area (Å²) in [7, 11) is -0.249. The molecule has 0 amide bonds. The van der Waals surface area contributed by atoms with E-state index in [1.807, 2.05) is 4.57 Å². The van der Waals surface area contributed by atoms with Gasteiger partial charge in [-0.1, -0.05) is 18.7 Å². The highest BCUT2D eigenvalue weighted by Crippen LogP contribution is 2.57. The van der Waals surface area contributed by atoms with E-state index in [9.17, 15) is 14.2 Å². The smallest absolute Gasteiger partial charge is 0.306 e. The average molecular weight is 428 g/mol. The number of hydrogen-bond acceptors (Lipinski definition) is 8. The molecule has 1 saturated carbocycles. The zero-order valence-electron chi connectivity index (χ0n) is 16.5. The first-order valence-electron chi connectivity index (χ1n) is 9.03. The third-order valence-corrected chi connectivity index (χ3v) is 7.73. The van der Waals surface area contributed by atoms with Crippen molar-refractivity contribution >= 4 is 42.4 Å². The minimum absolute atomic E-state index is 0.0186. The van der Waals surface area contributed by atoms with Crippen molar-refractivity contribution in [2.75, 3.05) is 33.1 Å². The second-order valence-electron chi connectivity index (χ2n) is 7.20. The number of rotatable bonds is 9. The van der Waals surface area contributed by atoms with Crippen LogP contribution in [0.5, 0.6) is 0 Å². The molecule has 0 N–H and O–H groups in total. The van der Waals surface area contributed by atoms with Crippen molar-refractivity contribution in [2.24, 2.45) is 10.9 Å². The Hall–Kier alpha value is -1.32. The quantitative estimate of drug-likeness (QED) is 0.437. The second kappa shape index (κ2) is 8.20. The van der Waals surface area contributed by atoms with Gasteiger partial charge in [0.05, 0.1) is 25.1 Å². The van der Waals surface area contributed by atoms with Crippen LogP contribution >= 0.6 is 19.5 Å². The Bertz CT molecular complexity index is 855. The number of hydrogen-bond donors (Lipinski definition) is 0. The zero-order chi connectivity index (χ0) is 20.5. The van der Waals surface area contributed by atoms with Crippen LogP contribution in [-0.4, -0.2) is 64.4 Å². The van der Waals surface area contributed by atoms with Gasteiger partial charge in [0.1, 0.15) is 0 Å². The maximum atomic E-state index is 13.1. The van der Waals surface area contributed by atoms with Gasteiger partial charge in [0.2, 0.25) is 0 Å². The predicted octanol–water partition coefficient (Wildman–Crippen LogP) is 2.89. The third kappa shape index (κ3) is 4.16. The van der Waals surface area contributed by atoms with E-state index in [4.69, 9.17) is 9.05 Å². The van der Waals surface area contributed by atoms with Gasteiger partial charge in [-0.25, -0.2) is 19.2 Å². The van der Waals surface area contributed by atoms with Crippen LogP contribution in [0.25, 0.3) is 0 Å². The molecule has 0 saturated heterocycles. The van der Waals surface area contributed by atoms with Crippen molar-refractivity contribution in [2.45, 2.75) is 32.2 Å². The molecule has 1 aliphatic carbocycles. The predicted molar refractivity (Wildman–Crippen MR) is 107 cm³/mol. The fraction of sp³-hybridized carbons (Fsp3) is 0.647. The minimum atomic E-state index is -3.51. The molecule has 0 aromatic carbocycles. The van der Waals surface area contributed by atoms with Crippen molar-refractivity contribution in [3.05, 3.63) is 12.0 Å². The van der Waals surface area contributed by atoms with E-state index in [2.05, 4.69) is 16.9 Å². The second-order valence-corrected chi connectivity index (χ2v) is 10.7. The Balaban J connectivity index is 1.72. The number of ketones is 1. The fourth-order valence-electron chi connectivity index (χ4n) is 3.18. The standard InChI is InChI=1S/C17H25N4O5PS/c1-12-9-17(12,21-11-19-15-14(23)5-6-18-16(15)21)10-26-27(24,20(3)4)25-7-8-28-13(2)22/h6,11-12H,5,7-10H2,1-4H3. The van der Waals surface area contributed by atoms with E-state index in [-0.39, 0.29) is 36.5 Å². The number of Topliss-reactive ketones (excluding diaryl/α,β-unsaturated/α-hetero) is 1. The van der Waals surface area contributed by atoms with Gasteiger partial charge in [0.25, 0.3) is 0 Å². The van der Waals surface area contributed by atoms with E-state index in [0.29, 0.717) is 17.3 Å². The zero-order valence-corrected chi connectivity index (χ0v) is 18.2. The summed E-state index contributed by atoms with van der Waals surface area (Å²) in [6.45, 7) is 3.83. The summed E-state index contributed by atoms with van der Waals surface area (Å²) < 4.78 is 27.8. The van der Waals surface area contributed by atoms with Crippen molar-refractivity contribution in [1.29, 1.82) is 0 Å². The summed E-state index contributed by atoms with van der Waals surface area (Å²) in [4.78, 5) is 31.6. The summed E-state index contributed by atoms with van der Waals surface area (Å²) in [5.74, 6) is 1.13. The summed E-state index contributed by atoms with van der Waals surface area (Å²) in [5, 5.41) is -0.0186. The Morgan fingerprint density at radius 3 is 2.79 bits per heavy atom. The summed E-state index contributed by atoms with van der Waals surface area (Å²) in [6, 6.07) is 0. The molecule has 2 heterocycles. The number of imidazole rings is 1. The van der Waals surface area contributed by atoms with Gasteiger partial charge in [-0.05, 0) is 26.4 Å². The molecular weight excluding hydrogens is 403 g/mol. The highest BCUT2D eigenvalue weighted by molar-refractivity contribution is 8.13. The van der Waals surface area contributed by atoms with Gasteiger partial charge in [0.15, 0.2) is 22.4 Å². The third-order valence-electron chi connectivity index (χ3n) is 5.00. The molecule has 9 nitrogen and oxygen atoms in total. The van der Waals surface area contributed by atoms with Gasteiger partial charge in [-0.2, -0.15) is 0 Å². The van der Waals surface area contributed by atoms with E-state index in [1.54, 1.807) is 26.6 Å². The maximum absolute atomic E-state index is 13.1. The SMILES string of the molecule is CC(=O)SCCOP(=O)(OCC1(n2cnc3c2N=CCC3=O)CC1C)N(C)C. The van der Waals surface area contributed by atoms with Crippen LogP contribution in [-0.2, 0) is 23.9 Å². The molecule has 28 heavy (non-hydrogen) atoms. The molecule has 1 aliphatic heterocycles. The number of carbonyl (C=O) groups is 2. The van der Waals surface area contributed by atoms with Crippen LogP contribution in [0, 0.1) is 5.92 Å². The molecule has 1 aromatic heterocycles. The number of aromatic nitrogens is 2. The Kier molecular flexibility index (Phi) is 6.26. The van der Waals surface area contributed by atoms with Crippen molar-refractivity contribution in [3.8, 4) is 0 Å². The molecular formula is C17H25N4O5PS. The molecule has 11 heteroatoms. The Labute approximate surface area is 168 Å². The van der Waals surface area contributed by atoms with Crippen molar-refractivity contribution in [3.63, 3.8) is 0 Å². The molecule has 2 aliphatic rings. The Morgan fingerprint density at radius 1 is 1.46 bits per heavy atom. The van der Waals surface area contributed by atoms with Gasteiger partial charge in [-0.3, -0.25) is 18.6 Å². The molecule has 0 spiro atoms. The number of aliphatic imine (C=N–C) groups is 1. The molecule has 0 radical (unpaired) electrons. The van der Waals surface area contributed by atoms with Crippen molar-refractivity contribution in [1.82, 2.24) is 14.2 Å². The van der Waals surface area contributed by atoms with Crippen LogP contribution in [0.4, 0.5) is 5.82 Å². The van der Waals surface area contributed by atoms with Gasteiger partial charge >= 0.3 is 7.75 Å². The number of nitrogens with zero attached hydrogens (tertiary/aromatic N) is 4. The summed E-state index contributed by atoms with van der Waals surface area (Å²) >= 11 is 1.11. The molecule has 3 rings (SSSR count). The van der Waals surface area contributed by atoms with Crippen LogP contribution in [0.2, 0.25) is 0 Å². The number of fused-ring (bicyclic) bond motifs is 1.